The van der Waals surface area contributed by atoms with Crippen LogP contribution in [0.4, 0.5) is 8.78 Å². The van der Waals surface area contributed by atoms with Gasteiger partial charge in [0.15, 0.2) is 6.10 Å². The van der Waals surface area contributed by atoms with Crippen LogP contribution < -0.4 is 0 Å². The molecule has 1 saturated heterocycles. The van der Waals surface area contributed by atoms with E-state index in [1.165, 1.54) is 6.92 Å². The molecule has 4 aromatic rings. The molecule has 5 rings (SSSR count). The highest BCUT2D eigenvalue weighted by Gasteiger charge is 2.59. The highest BCUT2D eigenvalue weighted by atomic mass is 19.3. The van der Waals surface area contributed by atoms with Gasteiger partial charge in [-0.05, 0) is 29.2 Å². The molecule has 4 aromatic carbocycles. The third kappa shape index (κ3) is 11.0. The van der Waals surface area contributed by atoms with Crippen LogP contribution in [0.15, 0.2) is 121 Å². The van der Waals surface area contributed by atoms with Gasteiger partial charge >= 0.3 is 12.0 Å². The van der Waals surface area contributed by atoms with Crippen LogP contribution >= 0.6 is 0 Å². The van der Waals surface area contributed by atoms with E-state index in [4.69, 9.17) is 28.4 Å². The lowest BCUT2D eigenvalue weighted by Crippen LogP contribution is -2.65. The molecule has 1 heterocycles. The van der Waals surface area contributed by atoms with Gasteiger partial charge in [0.05, 0.1) is 46.1 Å². The molecule has 0 aromatic heterocycles. The summed E-state index contributed by atoms with van der Waals surface area (Å²) in [6.07, 6.45) is -8.44. The summed E-state index contributed by atoms with van der Waals surface area (Å²) in [6, 6.07) is 34.5. The molecule has 6 atom stereocenters. The number of hydrogen-bond donors (Lipinski definition) is 0. The molecule has 0 aliphatic carbocycles. The number of benzene rings is 4. The van der Waals surface area contributed by atoms with Gasteiger partial charge in [0.2, 0.25) is 0 Å². The maximum Gasteiger partial charge on any atom is 0.381 e. The Morgan fingerprint density at radius 3 is 1.58 bits per heavy atom. The third-order valence-corrected chi connectivity index (χ3v) is 8.58. The predicted octanol–water partition coefficient (Wildman–Crippen LogP) is 6.96. The number of halogens is 2. The number of rotatable bonds is 19. The normalized spacial score (nSPS) is 20.9. The number of alkyl halides is 2. The van der Waals surface area contributed by atoms with Crippen molar-refractivity contribution in [1.82, 2.24) is 0 Å². The van der Waals surface area contributed by atoms with Gasteiger partial charge in [0.1, 0.15) is 24.4 Å². The molecule has 0 spiro atoms. The first-order valence-electron chi connectivity index (χ1n) is 17.2. The molecule has 0 saturated carbocycles. The lowest BCUT2D eigenvalue weighted by atomic mass is 9.88. The molecular formula is C40H43F2NO9. The summed E-state index contributed by atoms with van der Waals surface area (Å²) in [5.74, 6) is -5.35. The summed E-state index contributed by atoms with van der Waals surface area (Å²) >= 11 is 0. The summed E-state index contributed by atoms with van der Waals surface area (Å²) in [5, 5.41) is 11.9. The second-order valence-electron chi connectivity index (χ2n) is 12.4. The molecule has 52 heavy (non-hydrogen) atoms. The number of esters is 1. The topological polar surface area (TPSA) is 116 Å². The second kappa shape index (κ2) is 19.3. The fraction of sp³-hybridized carbons (Fsp3) is 0.375. The number of ether oxygens (including phenoxy) is 6. The highest BCUT2D eigenvalue weighted by molar-refractivity contribution is 5.74. The maximum absolute atomic E-state index is 16.7. The second-order valence-corrected chi connectivity index (χ2v) is 12.4. The highest BCUT2D eigenvalue weighted by Crippen LogP contribution is 2.40. The van der Waals surface area contributed by atoms with Crippen molar-refractivity contribution >= 4 is 5.97 Å². The molecule has 10 nitrogen and oxygen atoms in total. The molecule has 0 bridgehead atoms. The molecular weight excluding hydrogens is 676 g/mol. The third-order valence-electron chi connectivity index (χ3n) is 8.58. The summed E-state index contributed by atoms with van der Waals surface area (Å²) in [7, 11) is 0. The molecule has 0 N–H and O–H groups in total. The standard InChI is InChI=1S/C40H43F2NO9/c1-2-48-39(44)33(43(45)46)23-40(41,42)38-37(51-27-32-21-13-6-14-22-32)36(50-26-31-19-11-5-12-20-31)35(49-25-30-17-9-4-10-18-30)34(52-38)28-47-24-29-15-7-3-8-16-29/h3-22,33-38H,2,23-28H2,1H3/t33?,34-,35+,36+,37-,38-/m1/s1. The zero-order valence-corrected chi connectivity index (χ0v) is 28.8. The average Bonchev–Trinajstić information content (AvgIpc) is 3.16. The lowest BCUT2D eigenvalue weighted by molar-refractivity contribution is -0.517. The molecule has 1 fully saturated rings. The molecule has 1 aliphatic heterocycles. The maximum atomic E-state index is 16.7. The van der Waals surface area contributed by atoms with E-state index < -0.39 is 59.8 Å². The van der Waals surface area contributed by atoms with Crippen molar-refractivity contribution in [2.24, 2.45) is 0 Å². The quantitative estimate of drug-likeness (QED) is 0.0576. The minimum Gasteiger partial charge on any atom is -0.461 e. The van der Waals surface area contributed by atoms with Crippen LogP contribution in [0, 0.1) is 10.1 Å². The van der Waals surface area contributed by atoms with Crippen LogP contribution in [0.1, 0.15) is 35.6 Å². The van der Waals surface area contributed by atoms with Crippen molar-refractivity contribution in [3.8, 4) is 0 Å². The van der Waals surface area contributed by atoms with Crippen molar-refractivity contribution in [3.05, 3.63) is 154 Å². The van der Waals surface area contributed by atoms with Crippen LogP contribution in [-0.4, -0.2) is 66.6 Å². The molecule has 1 unspecified atom stereocenters. The SMILES string of the molecule is CCOC(=O)C(CC(F)(F)[C@@H]1O[C@H](COCc2ccccc2)[C@H](OCc2ccccc2)[C@H](OCc2ccccc2)[C@H]1OCc1ccccc1)[N+](=O)[O-]. The van der Waals surface area contributed by atoms with Crippen LogP contribution in [0.25, 0.3) is 0 Å². The van der Waals surface area contributed by atoms with Crippen LogP contribution in [-0.2, 0) is 59.6 Å². The van der Waals surface area contributed by atoms with Gasteiger partial charge in [-0.2, -0.15) is 0 Å². The lowest BCUT2D eigenvalue weighted by Gasteiger charge is -2.48. The Bertz CT molecular complexity index is 1650. The van der Waals surface area contributed by atoms with Gasteiger partial charge in [0, 0.05) is 4.92 Å². The summed E-state index contributed by atoms with van der Waals surface area (Å²) in [5.41, 5.74) is 3.14. The first-order valence-corrected chi connectivity index (χ1v) is 17.2. The monoisotopic (exact) mass is 719 g/mol. The summed E-state index contributed by atoms with van der Waals surface area (Å²) in [4.78, 5) is 23.4. The van der Waals surface area contributed by atoms with E-state index in [0.29, 0.717) is 5.56 Å². The number of nitro groups is 1. The fourth-order valence-electron chi connectivity index (χ4n) is 5.99. The smallest absolute Gasteiger partial charge is 0.381 e. The van der Waals surface area contributed by atoms with Gasteiger partial charge in [0.25, 0.3) is 5.92 Å². The van der Waals surface area contributed by atoms with Crippen LogP contribution in [0.2, 0.25) is 0 Å². The van der Waals surface area contributed by atoms with Crippen LogP contribution in [0.3, 0.4) is 0 Å². The van der Waals surface area contributed by atoms with E-state index in [1.54, 1.807) is 24.3 Å². The van der Waals surface area contributed by atoms with E-state index in [9.17, 15) is 14.9 Å². The van der Waals surface area contributed by atoms with Crippen molar-refractivity contribution < 1.29 is 46.9 Å². The van der Waals surface area contributed by atoms with Gasteiger partial charge in [-0.15, -0.1) is 0 Å². The number of hydrogen-bond acceptors (Lipinski definition) is 9. The van der Waals surface area contributed by atoms with Gasteiger partial charge in [-0.1, -0.05) is 121 Å². The zero-order valence-electron chi connectivity index (χ0n) is 28.8. The minimum atomic E-state index is -3.98. The van der Waals surface area contributed by atoms with Crippen molar-refractivity contribution in [2.45, 2.75) is 82.3 Å². The Morgan fingerprint density at radius 2 is 1.13 bits per heavy atom. The molecule has 1 aliphatic rings. The Labute approximate surface area is 301 Å². The molecule has 0 amide bonds. The van der Waals surface area contributed by atoms with E-state index in [0.717, 1.165) is 16.7 Å². The zero-order chi connectivity index (χ0) is 36.8. The number of nitrogens with zero attached hydrogens (tertiary/aromatic N) is 1. The van der Waals surface area contributed by atoms with E-state index >= 15 is 8.78 Å². The first kappa shape index (κ1) is 38.6. The molecule has 12 heteroatoms. The first-order chi connectivity index (χ1) is 25.2. The predicted molar refractivity (Wildman–Crippen MR) is 187 cm³/mol. The van der Waals surface area contributed by atoms with Crippen molar-refractivity contribution in [3.63, 3.8) is 0 Å². The van der Waals surface area contributed by atoms with E-state index in [2.05, 4.69) is 0 Å². The Morgan fingerprint density at radius 1 is 0.712 bits per heavy atom. The minimum absolute atomic E-state index is 0.0120. The van der Waals surface area contributed by atoms with Crippen molar-refractivity contribution in [2.75, 3.05) is 13.2 Å². The number of carbonyl (C=O) groups excluding carboxylic acids is 1. The Kier molecular flexibility index (Phi) is 14.3. The molecule has 276 valence electrons. The van der Waals surface area contributed by atoms with Gasteiger partial charge in [-0.3, -0.25) is 10.1 Å². The summed E-state index contributed by atoms with van der Waals surface area (Å²) in [6.45, 7) is 1.19. The fourth-order valence-corrected chi connectivity index (χ4v) is 5.99. The van der Waals surface area contributed by atoms with Crippen molar-refractivity contribution in [1.29, 1.82) is 0 Å². The summed E-state index contributed by atoms with van der Waals surface area (Å²) < 4.78 is 69.7. The molecule has 0 radical (unpaired) electrons. The number of carbonyl (C=O) groups is 1. The van der Waals surface area contributed by atoms with E-state index in [-0.39, 0.29) is 39.6 Å². The average molecular weight is 720 g/mol. The van der Waals surface area contributed by atoms with E-state index in [1.807, 2.05) is 97.1 Å². The van der Waals surface area contributed by atoms with Gasteiger partial charge in [-0.25, -0.2) is 13.6 Å². The Hall–Kier alpha value is -4.59. The Balaban J connectivity index is 1.53. The van der Waals surface area contributed by atoms with Gasteiger partial charge < -0.3 is 28.4 Å². The largest absolute Gasteiger partial charge is 0.461 e. The van der Waals surface area contributed by atoms with Crippen LogP contribution in [0.5, 0.6) is 0 Å².